The molecule has 5 rings (SSSR count). The van der Waals surface area contributed by atoms with E-state index in [1.807, 2.05) is 54.6 Å². The van der Waals surface area contributed by atoms with Gasteiger partial charge in [-0.3, -0.25) is 9.59 Å². The second kappa shape index (κ2) is 10.5. The Morgan fingerprint density at radius 2 is 1.71 bits per heavy atom. The number of amides is 2. The van der Waals surface area contributed by atoms with E-state index in [1.165, 1.54) is 7.05 Å². The highest BCUT2D eigenvalue weighted by molar-refractivity contribution is 6.31. The van der Waals surface area contributed by atoms with Crippen molar-refractivity contribution < 1.29 is 9.59 Å². The molecule has 1 heterocycles. The highest BCUT2D eigenvalue weighted by Gasteiger charge is 2.52. The molecule has 190 valence electrons. The molecular weight excluding hydrogens is 500 g/mol. The van der Waals surface area contributed by atoms with Crippen molar-refractivity contribution in [3.8, 4) is 22.9 Å². The maximum atomic E-state index is 13.3. The highest BCUT2D eigenvalue weighted by atomic mass is 35.5. The molecule has 1 atom stereocenters. The number of rotatable bonds is 8. The number of likely N-dealkylation sites (N-methyl/N-ethyl adjacent to an activating group) is 1. The molecule has 0 saturated heterocycles. The largest absolute Gasteiger partial charge is 0.357 e. The van der Waals surface area contributed by atoms with Gasteiger partial charge in [0.15, 0.2) is 0 Å². The second-order valence-corrected chi connectivity index (χ2v) is 9.70. The van der Waals surface area contributed by atoms with E-state index in [4.69, 9.17) is 16.9 Å². The van der Waals surface area contributed by atoms with Gasteiger partial charge in [-0.1, -0.05) is 59.3 Å². The summed E-state index contributed by atoms with van der Waals surface area (Å²) in [6, 6.07) is 23.8. The van der Waals surface area contributed by atoms with Crippen LogP contribution in [0.3, 0.4) is 0 Å². The zero-order valence-corrected chi connectivity index (χ0v) is 21.4. The summed E-state index contributed by atoms with van der Waals surface area (Å²) in [6.45, 7) is 0. The number of nitrogens with zero attached hydrogens (tertiary/aromatic N) is 4. The molecule has 8 nitrogen and oxygen atoms in total. The number of halogens is 1. The number of benzene rings is 3. The van der Waals surface area contributed by atoms with E-state index in [0.29, 0.717) is 29.1 Å². The minimum absolute atomic E-state index is 0.188. The number of nitrogens with one attached hydrogen (secondary N) is 2. The molecule has 2 N–H and O–H groups in total. The van der Waals surface area contributed by atoms with Crippen molar-refractivity contribution in [3.63, 3.8) is 0 Å². The van der Waals surface area contributed by atoms with Gasteiger partial charge in [0.1, 0.15) is 6.04 Å². The van der Waals surface area contributed by atoms with Crippen LogP contribution in [0, 0.1) is 11.3 Å². The molecule has 1 aliphatic carbocycles. The van der Waals surface area contributed by atoms with E-state index in [0.717, 1.165) is 22.4 Å². The van der Waals surface area contributed by atoms with Gasteiger partial charge in [0.05, 0.1) is 34.6 Å². The molecule has 1 fully saturated rings. The fraction of sp³-hybridized carbons (Fsp3) is 0.207. The van der Waals surface area contributed by atoms with Gasteiger partial charge in [-0.2, -0.15) is 5.26 Å². The number of nitriles is 1. The van der Waals surface area contributed by atoms with Crippen LogP contribution in [-0.4, -0.2) is 39.9 Å². The van der Waals surface area contributed by atoms with Crippen LogP contribution in [0.1, 0.15) is 29.7 Å². The standard InChI is InChI=1S/C29H25ClN6O2/c1-32-27(37)26(33-28(38)29(14-15-29)24-4-2-3-5-25(24)30)16-22-18-36(35-34-22)23-12-10-21(11-13-23)20-8-6-19(17-31)7-9-20/h2-13,18,26H,14-16H2,1H3,(H,32,37)(H,33,38). The van der Waals surface area contributed by atoms with Gasteiger partial charge in [0, 0.05) is 18.5 Å². The summed E-state index contributed by atoms with van der Waals surface area (Å²) in [5, 5.41) is 23.5. The Morgan fingerprint density at radius 3 is 2.32 bits per heavy atom. The first kappa shape index (κ1) is 25.2. The number of hydrogen-bond acceptors (Lipinski definition) is 5. The van der Waals surface area contributed by atoms with Crippen LogP contribution < -0.4 is 10.6 Å². The van der Waals surface area contributed by atoms with Crippen LogP contribution in [0.5, 0.6) is 0 Å². The molecule has 9 heteroatoms. The summed E-state index contributed by atoms with van der Waals surface area (Å²) in [7, 11) is 1.54. The molecule has 4 aromatic rings. The molecule has 0 aliphatic heterocycles. The third-order valence-corrected chi connectivity index (χ3v) is 7.21. The summed E-state index contributed by atoms with van der Waals surface area (Å²) >= 11 is 6.37. The van der Waals surface area contributed by atoms with Crippen molar-refractivity contribution in [3.05, 3.63) is 101 Å². The molecule has 1 aromatic heterocycles. The normalized spacial score (nSPS) is 14.2. The minimum atomic E-state index is -0.809. The number of carbonyl (C=O) groups is 2. The molecule has 0 bridgehead atoms. The van der Waals surface area contributed by atoms with E-state index in [1.54, 1.807) is 29.1 Å². The van der Waals surface area contributed by atoms with Crippen molar-refractivity contribution in [2.24, 2.45) is 0 Å². The summed E-state index contributed by atoms with van der Waals surface area (Å²) in [4.78, 5) is 26.0. The molecule has 3 aromatic carbocycles. The zero-order valence-electron chi connectivity index (χ0n) is 20.7. The fourth-order valence-corrected chi connectivity index (χ4v) is 4.86. The average Bonchev–Trinajstić information content (AvgIpc) is 3.64. The van der Waals surface area contributed by atoms with Crippen LogP contribution in [0.4, 0.5) is 0 Å². The van der Waals surface area contributed by atoms with Gasteiger partial charge in [-0.15, -0.1) is 5.10 Å². The lowest BCUT2D eigenvalue weighted by Crippen LogP contribution is -2.50. The lowest BCUT2D eigenvalue weighted by atomic mass is 9.94. The Labute approximate surface area is 225 Å². The predicted octanol–water partition coefficient (Wildman–Crippen LogP) is 3.96. The average molecular weight is 525 g/mol. The predicted molar refractivity (Wildman–Crippen MR) is 144 cm³/mol. The van der Waals surface area contributed by atoms with Gasteiger partial charge in [0.2, 0.25) is 11.8 Å². The van der Waals surface area contributed by atoms with Gasteiger partial charge < -0.3 is 10.6 Å². The van der Waals surface area contributed by atoms with E-state index in [9.17, 15) is 9.59 Å². The van der Waals surface area contributed by atoms with Crippen LogP contribution in [-0.2, 0) is 21.4 Å². The van der Waals surface area contributed by atoms with Crippen LogP contribution >= 0.6 is 11.6 Å². The summed E-state index contributed by atoms with van der Waals surface area (Å²) in [6.07, 6.45) is 3.29. The SMILES string of the molecule is CNC(=O)C(Cc1cn(-c2ccc(-c3ccc(C#N)cc3)cc2)nn1)NC(=O)C1(c2ccccc2Cl)CC1. The number of carbonyl (C=O) groups excluding carboxylic acids is 2. The van der Waals surface area contributed by atoms with E-state index < -0.39 is 11.5 Å². The Hall–Kier alpha value is -4.48. The van der Waals surface area contributed by atoms with Gasteiger partial charge in [0.25, 0.3) is 0 Å². The Morgan fingerprint density at radius 1 is 1.05 bits per heavy atom. The van der Waals surface area contributed by atoms with E-state index in [-0.39, 0.29) is 18.2 Å². The smallest absolute Gasteiger partial charge is 0.242 e. The highest BCUT2D eigenvalue weighted by Crippen LogP contribution is 2.50. The third kappa shape index (κ3) is 5.01. The molecule has 1 aliphatic rings. The lowest BCUT2D eigenvalue weighted by molar-refractivity contribution is -0.130. The number of hydrogen-bond donors (Lipinski definition) is 2. The lowest BCUT2D eigenvalue weighted by Gasteiger charge is -2.22. The molecule has 1 unspecified atom stereocenters. The van der Waals surface area contributed by atoms with Crippen LogP contribution in [0.2, 0.25) is 5.02 Å². The molecule has 1 saturated carbocycles. The maximum absolute atomic E-state index is 13.3. The number of aromatic nitrogens is 3. The van der Waals surface area contributed by atoms with Crippen LogP contribution in [0.15, 0.2) is 79.0 Å². The Balaban J connectivity index is 1.30. The topological polar surface area (TPSA) is 113 Å². The Bertz CT molecular complexity index is 1520. The first-order valence-electron chi connectivity index (χ1n) is 12.2. The first-order chi connectivity index (χ1) is 18.4. The van der Waals surface area contributed by atoms with E-state index >= 15 is 0 Å². The molecule has 38 heavy (non-hydrogen) atoms. The van der Waals surface area contributed by atoms with Gasteiger partial charge in [-0.25, -0.2) is 4.68 Å². The van der Waals surface area contributed by atoms with Crippen LogP contribution in [0.25, 0.3) is 16.8 Å². The molecule has 2 amide bonds. The second-order valence-electron chi connectivity index (χ2n) is 9.30. The van der Waals surface area contributed by atoms with E-state index in [2.05, 4.69) is 27.0 Å². The monoisotopic (exact) mass is 524 g/mol. The Kier molecular flexibility index (Phi) is 6.95. The fourth-order valence-electron chi connectivity index (χ4n) is 4.54. The zero-order chi connectivity index (χ0) is 26.7. The van der Waals surface area contributed by atoms with Crippen molar-refractivity contribution >= 4 is 23.4 Å². The molecular formula is C29H25ClN6O2. The summed E-state index contributed by atoms with van der Waals surface area (Å²) in [5.74, 6) is -0.528. The molecule has 0 spiro atoms. The van der Waals surface area contributed by atoms with Crippen molar-refractivity contribution in [1.29, 1.82) is 5.26 Å². The van der Waals surface area contributed by atoms with Crippen molar-refractivity contribution in [1.82, 2.24) is 25.6 Å². The maximum Gasteiger partial charge on any atom is 0.242 e. The van der Waals surface area contributed by atoms with Crippen molar-refractivity contribution in [2.45, 2.75) is 30.7 Å². The minimum Gasteiger partial charge on any atom is -0.357 e. The summed E-state index contributed by atoms with van der Waals surface area (Å²) < 4.78 is 1.63. The first-order valence-corrected chi connectivity index (χ1v) is 12.6. The quantitative estimate of drug-likeness (QED) is 0.362. The summed E-state index contributed by atoms with van der Waals surface area (Å²) in [5.41, 5.74) is 4.07. The van der Waals surface area contributed by atoms with Gasteiger partial charge in [-0.05, 0) is 59.9 Å². The van der Waals surface area contributed by atoms with Gasteiger partial charge >= 0.3 is 0 Å². The third-order valence-electron chi connectivity index (χ3n) is 6.88. The molecule has 0 radical (unpaired) electrons. The van der Waals surface area contributed by atoms with Crippen molar-refractivity contribution in [2.75, 3.05) is 7.05 Å².